The number of nitrogens with one attached hydrogen (secondary N) is 1. The number of rotatable bonds is 4. The van der Waals surface area contributed by atoms with Crippen molar-refractivity contribution in [2.24, 2.45) is 0 Å². The predicted octanol–water partition coefficient (Wildman–Crippen LogP) is 2.93. The largest absolute Gasteiger partial charge is 0.433 e. The molecule has 2 heterocycles. The van der Waals surface area contributed by atoms with E-state index < -0.39 is 11.9 Å². The van der Waals surface area contributed by atoms with Crippen molar-refractivity contribution in [3.8, 4) is 0 Å². The summed E-state index contributed by atoms with van der Waals surface area (Å²) in [6.07, 6.45) is -1.54. The van der Waals surface area contributed by atoms with Crippen molar-refractivity contribution in [2.45, 2.75) is 26.2 Å². The van der Waals surface area contributed by atoms with E-state index in [4.69, 9.17) is 0 Å². The van der Waals surface area contributed by atoms with Gasteiger partial charge in [0.1, 0.15) is 5.69 Å². The van der Waals surface area contributed by atoms with Crippen molar-refractivity contribution >= 4 is 5.69 Å². The Balaban J connectivity index is 2.01. The highest BCUT2D eigenvalue weighted by atomic mass is 19.4. The first-order valence-electron chi connectivity index (χ1n) is 5.78. The second-order valence-electron chi connectivity index (χ2n) is 3.92. The molecule has 0 aliphatic carbocycles. The maximum Gasteiger partial charge on any atom is 0.433 e. The zero-order valence-electron chi connectivity index (χ0n) is 10.3. The van der Waals surface area contributed by atoms with Gasteiger partial charge in [-0.25, -0.2) is 4.98 Å². The molecule has 2 rings (SSSR count). The van der Waals surface area contributed by atoms with Gasteiger partial charge in [-0.3, -0.25) is 4.68 Å². The number of halogens is 3. The van der Waals surface area contributed by atoms with Crippen LogP contribution in [0.2, 0.25) is 0 Å². The molecule has 0 bridgehead atoms. The van der Waals surface area contributed by atoms with Crippen LogP contribution < -0.4 is 5.32 Å². The summed E-state index contributed by atoms with van der Waals surface area (Å²) in [5.41, 5.74) is 0.607. The van der Waals surface area contributed by atoms with E-state index in [0.717, 1.165) is 18.3 Å². The summed E-state index contributed by atoms with van der Waals surface area (Å²) >= 11 is 0. The molecule has 0 spiro atoms. The fourth-order valence-corrected chi connectivity index (χ4v) is 1.65. The van der Waals surface area contributed by atoms with Gasteiger partial charge in [-0.1, -0.05) is 0 Å². The summed E-state index contributed by atoms with van der Waals surface area (Å²) in [5, 5.41) is 7.12. The van der Waals surface area contributed by atoms with Crippen LogP contribution in [-0.4, -0.2) is 14.8 Å². The average Bonchev–Trinajstić information content (AvgIpc) is 2.83. The van der Waals surface area contributed by atoms with E-state index in [1.54, 1.807) is 6.20 Å². The minimum Gasteiger partial charge on any atom is -0.378 e. The molecule has 0 aromatic carbocycles. The molecular weight excluding hydrogens is 257 g/mol. The zero-order valence-corrected chi connectivity index (χ0v) is 10.3. The Hall–Kier alpha value is -2.05. The molecule has 4 nitrogen and oxygen atoms in total. The van der Waals surface area contributed by atoms with Gasteiger partial charge in [0.15, 0.2) is 0 Å². The number of nitrogens with zero attached hydrogens (tertiary/aromatic N) is 3. The molecule has 0 radical (unpaired) electrons. The van der Waals surface area contributed by atoms with Crippen LogP contribution in [0.4, 0.5) is 18.9 Å². The maximum absolute atomic E-state index is 12.3. The molecule has 102 valence electrons. The first-order chi connectivity index (χ1) is 9.00. The van der Waals surface area contributed by atoms with Gasteiger partial charge in [0, 0.05) is 12.7 Å². The molecule has 0 atom stereocenters. The predicted molar refractivity (Wildman–Crippen MR) is 64.5 cm³/mol. The summed E-state index contributed by atoms with van der Waals surface area (Å²) in [5.74, 6) is 0. The average molecular weight is 270 g/mol. The molecule has 0 aliphatic rings. The van der Waals surface area contributed by atoms with Gasteiger partial charge in [0.2, 0.25) is 0 Å². The van der Waals surface area contributed by atoms with E-state index in [0.29, 0.717) is 12.2 Å². The summed E-state index contributed by atoms with van der Waals surface area (Å²) in [7, 11) is 0. The summed E-state index contributed by atoms with van der Waals surface area (Å²) < 4.78 is 38.8. The minimum atomic E-state index is -4.40. The Kier molecular flexibility index (Phi) is 3.73. The molecule has 2 aromatic rings. The van der Waals surface area contributed by atoms with Crippen LogP contribution in [0.1, 0.15) is 18.3 Å². The fraction of sp³-hybridized carbons (Fsp3) is 0.333. The Bertz CT molecular complexity index is 531. The maximum atomic E-state index is 12.3. The third-order valence-corrected chi connectivity index (χ3v) is 2.63. The quantitative estimate of drug-likeness (QED) is 0.928. The number of aromatic nitrogens is 3. The number of pyridine rings is 1. The van der Waals surface area contributed by atoms with E-state index in [2.05, 4.69) is 15.4 Å². The Labute approximate surface area is 108 Å². The number of alkyl halides is 3. The molecule has 1 N–H and O–H groups in total. The van der Waals surface area contributed by atoms with E-state index in [1.807, 2.05) is 17.7 Å². The highest BCUT2D eigenvalue weighted by Crippen LogP contribution is 2.27. The molecule has 0 unspecified atom stereocenters. The number of hydrogen-bond donors (Lipinski definition) is 1. The van der Waals surface area contributed by atoms with Crippen molar-refractivity contribution in [1.82, 2.24) is 14.8 Å². The summed E-state index contributed by atoms with van der Waals surface area (Å²) in [4.78, 5) is 3.38. The minimum absolute atomic E-state index is 0.487. The monoisotopic (exact) mass is 270 g/mol. The van der Waals surface area contributed by atoms with E-state index in [1.165, 1.54) is 12.3 Å². The second kappa shape index (κ2) is 5.29. The van der Waals surface area contributed by atoms with Gasteiger partial charge in [-0.2, -0.15) is 18.3 Å². The van der Waals surface area contributed by atoms with Gasteiger partial charge >= 0.3 is 6.18 Å². The topological polar surface area (TPSA) is 42.7 Å². The summed E-state index contributed by atoms with van der Waals surface area (Å²) in [6.45, 7) is 3.20. The molecular formula is C12H13F3N4. The van der Waals surface area contributed by atoms with Crippen LogP contribution in [-0.2, 0) is 19.3 Å². The van der Waals surface area contributed by atoms with Crippen LogP contribution >= 0.6 is 0 Å². The van der Waals surface area contributed by atoms with Crippen molar-refractivity contribution < 1.29 is 13.2 Å². The van der Waals surface area contributed by atoms with Gasteiger partial charge in [-0.05, 0) is 25.1 Å². The number of anilines is 1. The highest BCUT2D eigenvalue weighted by molar-refractivity contribution is 5.41. The first-order valence-corrected chi connectivity index (χ1v) is 5.78. The fourth-order valence-electron chi connectivity index (χ4n) is 1.65. The van der Waals surface area contributed by atoms with Gasteiger partial charge in [-0.15, -0.1) is 0 Å². The smallest absolute Gasteiger partial charge is 0.378 e. The molecule has 0 saturated carbocycles. The normalized spacial score (nSPS) is 11.6. The standard InChI is InChI=1S/C12H13F3N4/c1-2-19-10(5-6-18-19)8-16-9-3-4-11(17-7-9)12(13,14)15/h3-7,16H,2,8H2,1H3. The van der Waals surface area contributed by atoms with E-state index in [-0.39, 0.29) is 0 Å². The van der Waals surface area contributed by atoms with Gasteiger partial charge in [0.25, 0.3) is 0 Å². The molecule has 0 aliphatic heterocycles. The van der Waals surface area contributed by atoms with Crippen molar-refractivity contribution in [3.05, 3.63) is 42.0 Å². The molecule has 0 fully saturated rings. The summed E-state index contributed by atoms with van der Waals surface area (Å²) in [6, 6.07) is 4.18. The lowest BCUT2D eigenvalue weighted by molar-refractivity contribution is -0.141. The molecule has 0 saturated heterocycles. The Morgan fingerprint density at radius 3 is 2.63 bits per heavy atom. The SMILES string of the molecule is CCn1nccc1CNc1ccc(C(F)(F)F)nc1. The van der Waals surface area contributed by atoms with Gasteiger partial charge < -0.3 is 5.32 Å². The van der Waals surface area contributed by atoms with Crippen LogP contribution in [0.25, 0.3) is 0 Å². The molecule has 0 amide bonds. The number of hydrogen-bond acceptors (Lipinski definition) is 3. The zero-order chi connectivity index (χ0) is 13.9. The lowest BCUT2D eigenvalue weighted by atomic mass is 10.3. The third kappa shape index (κ3) is 3.24. The van der Waals surface area contributed by atoms with Crippen molar-refractivity contribution in [3.63, 3.8) is 0 Å². The van der Waals surface area contributed by atoms with Crippen molar-refractivity contribution in [1.29, 1.82) is 0 Å². The molecule has 7 heteroatoms. The Morgan fingerprint density at radius 1 is 1.26 bits per heavy atom. The van der Waals surface area contributed by atoms with Crippen LogP contribution in [0, 0.1) is 0 Å². The highest BCUT2D eigenvalue weighted by Gasteiger charge is 2.31. The van der Waals surface area contributed by atoms with Crippen LogP contribution in [0.5, 0.6) is 0 Å². The number of aryl methyl sites for hydroxylation is 1. The van der Waals surface area contributed by atoms with Crippen LogP contribution in [0.15, 0.2) is 30.6 Å². The molecule has 2 aromatic heterocycles. The van der Waals surface area contributed by atoms with E-state index in [9.17, 15) is 13.2 Å². The van der Waals surface area contributed by atoms with E-state index >= 15 is 0 Å². The third-order valence-electron chi connectivity index (χ3n) is 2.63. The van der Waals surface area contributed by atoms with Gasteiger partial charge in [0.05, 0.1) is 24.1 Å². The Morgan fingerprint density at radius 2 is 2.05 bits per heavy atom. The lowest BCUT2D eigenvalue weighted by Gasteiger charge is -2.09. The lowest BCUT2D eigenvalue weighted by Crippen LogP contribution is -2.10. The van der Waals surface area contributed by atoms with Crippen LogP contribution in [0.3, 0.4) is 0 Å². The molecule has 19 heavy (non-hydrogen) atoms. The van der Waals surface area contributed by atoms with Crippen molar-refractivity contribution in [2.75, 3.05) is 5.32 Å². The first kappa shape index (κ1) is 13.4. The second-order valence-corrected chi connectivity index (χ2v) is 3.92.